The smallest absolute Gasteiger partial charge is 0.337 e. The van der Waals surface area contributed by atoms with Gasteiger partial charge in [-0.1, -0.05) is 30.3 Å². The number of hydrogen-bond acceptors (Lipinski definition) is 5. The van der Waals surface area contributed by atoms with Crippen molar-refractivity contribution in [3.05, 3.63) is 53.6 Å². The Morgan fingerprint density at radius 1 is 1.08 bits per heavy atom. The molecule has 0 fully saturated rings. The molecule has 0 bridgehead atoms. The molecule has 1 unspecified atom stereocenters. The number of anilines is 1. The van der Waals surface area contributed by atoms with E-state index in [0.29, 0.717) is 5.75 Å². The third-order valence-electron chi connectivity index (χ3n) is 3.72. The van der Waals surface area contributed by atoms with Gasteiger partial charge in [-0.3, -0.25) is 4.79 Å². The van der Waals surface area contributed by atoms with E-state index in [2.05, 4.69) is 5.32 Å². The van der Waals surface area contributed by atoms with Crippen molar-refractivity contribution in [2.75, 3.05) is 19.5 Å². The van der Waals surface area contributed by atoms with Crippen LogP contribution in [0.1, 0.15) is 22.8 Å². The molecule has 2 aromatic carbocycles. The lowest BCUT2D eigenvalue weighted by atomic mass is 10.1. The quantitative estimate of drug-likeness (QED) is 0.753. The van der Waals surface area contributed by atoms with Crippen molar-refractivity contribution >= 4 is 17.6 Å². The molecule has 2 rings (SSSR count). The second kappa shape index (κ2) is 8.87. The molecular weight excluding hydrogens is 338 g/mol. The van der Waals surface area contributed by atoms with Gasteiger partial charge in [0.15, 0.2) is 11.5 Å². The molecule has 1 amide bonds. The number of carbonyl (C=O) groups is 2. The molecule has 7 heteroatoms. The highest BCUT2D eigenvalue weighted by molar-refractivity contribution is 6.02. The van der Waals surface area contributed by atoms with E-state index in [1.54, 1.807) is 6.92 Å². The number of carboxylic acid groups (broad SMARTS) is 1. The van der Waals surface area contributed by atoms with E-state index in [0.717, 1.165) is 5.56 Å². The molecule has 0 saturated heterocycles. The first-order valence-corrected chi connectivity index (χ1v) is 7.92. The number of ether oxygens (including phenoxy) is 3. The molecule has 1 atom stereocenters. The first kappa shape index (κ1) is 19.3. The Balaban J connectivity index is 2.12. The van der Waals surface area contributed by atoms with Crippen molar-refractivity contribution < 1.29 is 28.9 Å². The number of nitrogens with one attached hydrogen (secondary N) is 1. The number of methoxy groups -OCH3 is 2. The summed E-state index contributed by atoms with van der Waals surface area (Å²) in [5.74, 6) is -1.09. The van der Waals surface area contributed by atoms with Gasteiger partial charge in [0, 0.05) is 12.1 Å². The molecule has 0 aliphatic heterocycles. The Kier molecular flexibility index (Phi) is 6.57. The molecule has 0 aromatic heterocycles. The molecule has 0 spiro atoms. The fraction of sp³-hybridized carbons (Fsp3) is 0.263. The van der Waals surface area contributed by atoms with Crippen LogP contribution in [0.3, 0.4) is 0 Å². The van der Waals surface area contributed by atoms with Crippen LogP contribution in [-0.2, 0) is 16.1 Å². The van der Waals surface area contributed by atoms with Gasteiger partial charge in [-0.25, -0.2) is 4.79 Å². The number of carboxylic acids is 1. The van der Waals surface area contributed by atoms with Gasteiger partial charge in [0.1, 0.15) is 6.10 Å². The Labute approximate surface area is 151 Å². The summed E-state index contributed by atoms with van der Waals surface area (Å²) >= 11 is 0. The van der Waals surface area contributed by atoms with E-state index in [1.807, 2.05) is 30.3 Å². The average molecular weight is 359 g/mol. The minimum absolute atomic E-state index is 0.105. The molecule has 2 N–H and O–H groups in total. The van der Waals surface area contributed by atoms with E-state index in [9.17, 15) is 14.7 Å². The average Bonchev–Trinajstić information content (AvgIpc) is 2.66. The largest absolute Gasteiger partial charge is 0.493 e. The van der Waals surface area contributed by atoms with E-state index in [4.69, 9.17) is 14.2 Å². The van der Waals surface area contributed by atoms with Gasteiger partial charge in [-0.15, -0.1) is 0 Å². The number of benzene rings is 2. The van der Waals surface area contributed by atoms with Gasteiger partial charge < -0.3 is 24.6 Å². The summed E-state index contributed by atoms with van der Waals surface area (Å²) in [6.45, 7) is 1.87. The van der Waals surface area contributed by atoms with Crippen LogP contribution in [0, 0.1) is 0 Å². The van der Waals surface area contributed by atoms with Crippen LogP contribution in [-0.4, -0.2) is 37.3 Å². The van der Waals surface area contributed by atoms with Crippen LogP contribution in [0.5, 0.6) is 11.5 Å². The summed E-state index contributed by atoms with van der Waals surface area (Å²) in [7, 11) is 2.83. The number of amides is 1. The molecule has 0 aliphatic carbocycles. The fourth-order valence-electron chi connectivity index (χ4n) is 2.26. The van der Waals surface area contributed by atoms with Gasteiger partial charge in [0.05, 0.1) is 32.1 Å². The normalized spacial score (nSPS) is 11.5. The molecule has 0 heterocycles. The van der Waals surface area contributed by atoms with Gasteiger partial charge in [0.25, 0.3) is 5.91 Å². The van der Waals surface area contributed by atoms with Crippen LogP contribution in [0.2, 0.25) is 0 Å². The molecule has 0 aliphatic rings. The highest BCUT2D eigenvalue weighted by atomic mass is 16.5. The Bertz CT molecular complexity index is 775. The second-order valence-corrected chi connectivity index (χ2v) is 5.49. The Morgan fingerprint density at radius 3 is 2.27 bits per heavy atom. The summed E-state index contributed by atoms with van der Waals surface area (Å²) < 4.78 is 15.8. The van der Waals surface area contributed by atoms with Crippen LogP contribution >= 0.6 is 0 Å². The highest BCUT2D eigenvalue weighted by Gasteiger charge is 2.20. The van der Waals surface area contributed by atoms with E-state index >= 15 is 0 Å². The summed E-state index contributed by atoms with van der Waals surface area (Å²) in [6, 6.07) is 12.1. The van der Waals surface area contributed by atoms with Crippen molar-refractivity contribution in [1.29, 1.82) is 0 Å². The minimum atomic E-state index is -1.20. The van der Waals surface area contributed by atoms with Gasteiger partial charge in [-0.05, 0) is 12.5 Å². The maximum absolute atomic E-state index is 12.4. The Hall–Kier alpha value is -3.06. The Morgan fingerprint density at radius 2 is 1.69 bits per heavy atom. The lowest BCUT2D eigenvalue weighted by molar-refractivity contribution is -0.127. The monoisotopic (exact) mass is 359 g/mol. The second-order valence-electron chi connectivity index (χ2n) is 5.49. The lowest BCUT2D eigenvalue weighted by Gasteiger charge is -2.16. The predicted molar refractivity (Wildman–Crippen MR) is 95.8 cm³/mol. The summed E-state index contributed by atoms with van der Waals surface area (Å²) in [4.78, 5) is 23.8. The minimum Gasteiger partial charge on any atom is -0.493 e. The summed E-state index contributed by atoms with van der Waals surface area (Å²) in [5.41, 5.74) is 0.936. The third kappa shape index (κ3) is 4.73. The van der Waals surface area contributed by atoms with Crippen molar-refractivity contribution in [2.45, 2.75) is 19.6 Å². The zero-order chi connectivity index (χ0) is 19.1. The topological polar surface area (TPSA) is 94.1 Å². The lowest BCUT2D eigenvalue weighted by Crippen LogP contribution is -2.28. The number of hydrogen-bond donors (Lipinski definition) is 2. The summed E-state index contributed by atoms with van der Waals surface area (Å²) in [5, 5.41) is 11.9. The van der Waals surface area contributed by atoms with Crippen molar-refractivity contribution in [1.82, 2.24) is 0 Å². The van der Waals surface area contributed by atoms with Crippen molar-refractivity contribution in [2.24, 2.45) is 0 Å². The number of rotatable bonds is 8. The molecule has 7 nitrogen and oxygen atoms in total. The molecule has 138 valence electrons. The van der Waals surface area contributed by atoms with Crippen LogP contribution in [0.15, 0.2) is 42.5 Å². The zero-order valence-corrected chi connectivity index (χ0v) is 14.8. The molecular formula is C19H21NO6. The van der Waals surface area contributed by atoms with Gasteiger partial charge in [-0.2, -0.15) is 0 Å². The molecule has 26 heavy (non-hydrogen) atoms. The predicted octanol–water partition coefficient (Wildman–Crippen LogP) is 2.95. The summed E-state index contributed by atoms with van der Waals surface area (Å²) in [6.07, 6.45) is -0.773. The zero-order valence-electron chi connectivity index (χ0n) is 14.8. The standard InChI is InChI=1S/C19H21NO6/c1-12(26-11-13-7-5-4-6-8-13)18(21)20-15-10-17(25-3)16(24-2)9-14(15)19(22)23/h4-10,12H,11H2,1-3H3,(H,20,21)(H,22,23). The third-order valence-corrected chi connectivity index (χ3v) is 3.72. The fourth-order valence-corrected chi connectivity index (χ4v) is 2.26. The van der Waals surface area contributed by atoms with Gasteiger partial charge >= 0.3 is 5.97 Å². The first-order valence-electron chi connectivity index (χ1n) is 7.92. The number of aromatic carboxylic acids is 1. The highest BCUT2D eigenvalue weighted by Crippen LogP contribution is 2.33. The maximum Gasteiger partial charge on any atom is 0.337 e. The molecule has 0 saturated carbocycles. The molecule has 0 radical (unpaired) electrons. The first-order chi connectivity index (χ1) is 12.5. The molecule has 2 aromatic rings. The van der Waals surface area contributed by atoms with E-state index in [1.165, 1.54) is 26.4 Å². The van der Waals surface area contributed by atoms with E-state index in [-0.39, 0.29) is 23.6 Å². The van der Waals surface area contributed by atoms with Crippen molar-refractivity contribution in [3.63, 3.8) is 0 Å². The van der Waals surface area contributed by atoms with Crippen molar-refractivity contribution in [3.8, 4) is 11.5 Å². The SMILES string of the molecule is COc1cc(NC(=O)C(C)OCc2ccccc2)c(C(=O)O)cc1OC. The van der Waals surface area contributed by atoms with Crippen LogP contribution < -0.4 is 14.8 Å². The number of carbonyl (C=O) groups excluding carboxylic acids is 1. The van der Waals surface area contributed by atoms with Crippen LogP contribution in [0.4, 0.5) is 5.69 Å². The maximum atomic E-state index is 12.4. The van der Waals surface area contributed by atoms with E-state index < -0.39 is 18.0 Å². The van der Waals surface area contributed by atoms with Crippen LogP contribution in [0.25, 0.3) is 0 Å². The van der Waals surface area contributed by atoms with Gasteiger partial charge in [0.2, 0.25) is 0 Å².